The van der Waals surface area contributed by atoms with E-state index in [2.05, 4.69) is 15.6 Å². The van der Waals surface area contributed by atoms with Crippen molar-refractivity contribution in [2.45, 2.75) is 47.1 Å². The van der Waals surface area contributed by atoms with Gasteiger partial charge in [0.15, 0.2) is 0 Å². The molecule has 9 nitrogen and oxygen atoms in total. The van der Waals surface area contributed by atoms with Gasteiger partial charge in [0.1, 0.15) is 5.82 Å². The van der Waals surface area contributed by atoms with Crippen LogP contribution < -0.4 is 21.5 Å². The number of hydrogen-bond acceptors (Lipinski definition) is 5. The Balaban J connectivity index is 1.77. The molecular formula is C25H32N6O3. The molecule has 3 N–H and O–H groups in total. The molecule has 3 aromatic rings. The van der Waals surface area contributed by atoms with E-state index < -0.39 is 18.3 Å². The van der Waals surface area contributed by atoms with Crippen molar-refractivity contribution in [3.05, 3.63) is 46.6 Å². The Bertz CT molecular complexity index is 1440. The summed E-state index contributed by atoms with van der Waals surface area (Å²) in [6.07, 6.45) is 6.19. The van der Waals surface area contributed by atoms with Gasteiger partial charge in [-0.05, 0) is 31.2 Å². The monoisotopic (exact) mass is 467 g/mol. The fourth-order valence-electron chi connectivity index (χ4n) is 4.48. The molecule has 2 amide bonds. The van der Waals surface area contributed by atoms with Crippen molar-refractivity contribution in [3.8, 4) is 0 Å². The van der Waals surface area contributed by atoms with Gasteiger partial charge in [0.05, 0.1) is 33.3 Å². The average molecular weight is 468 g/mol. The van der Waals surface area contributed by atoms with Crippen LogP contribution in [0.25, 0.3) is 10.9 Å². The molecule has 1 fully saturated rings. The van der Waals surface area contributed by atoms with E-state index in [0.29, 0.717) is 23.1 Å². The van der Waals surface area contributed by atoms with Crippen LogP contribution in [0.15, 0.2) is 35.5 Å². The van der Waals surface area contributed by atoms with E-state index in [0.717, 1.165) is 12.8 Å². The van der Waals surface area contributed by atoms with Crippen LogP contribution in [-0.2, 0) is 18.4 Å². The largest absolute Gasteiger partial charge is 0.355 e. The van der Waals surface area contributed by atoms with Gasteiger partial charge in [0, 0.05) is 49.3 Å². The summed E-state index contributed by atoms with van der Waals surface area (Å²) in [4.78, 5) is 43.3. The second kappa shape index (κ2) is 8.30. The fourth-order valence-corrected chi connectivity index (χ4v) is 4.48. The number of rotatable bonds is 6. The molecule has 3 heterocycles. The lowest BCUT2D eigenvalue weighted by molar-refractivity contribution is -0.124. The fraction of sp³-hybridized carbons (Fsp3) is 0.440. The van der Waals surface area contributed by atoms with E-state index in [1.54, 1.807) is 28.6 Å². The van der Waals surface area contributed by atoms with E-state index in [4.69, 9.17) is 4.11 Å². The standard InChI is InChI=1S/C25H32N6O3/c1-7-31-11-8-18-20(22(31)33)17(14-30(18)6)28-16-12-19(27-13-15(16)21(32)26-5)29-23(34)25(9-10-25)24(2,3)4/h8,11-14H,7,9-10H2,1-6H3,(H,26,32)(H2,27,28,29,34)/i5D3. The second-order valence-electron chi connectivity index (χ2n) is 9.80. The maximum Gasteiger partial charge on any atom is 0.262 e. The number of carbonyl (C=O) groups excluding carboxylic acids is 2. The minimum Gasteiger partial charge on any atom is -0.355 e. The van der Waals surface area contributed by atoms with Gasteiger partial charge in [-0.15, -0.1) is 0 Å². The number of anilines is 3. The number of aryl methyl sites for hydroxylation is 2. The molecule has 0 bridgehead atoms. The van der Waals surface area contributed by atoms with E-state index in [1.165, 1.54) is 12.3 Å². The van der Waals surface area contributed by atoms with Crippen LogP contribution in [0.3, 0.4) is 0 Å². The van der Waals surface area contributed by atoms with Crippen LogP contribution in [-0.4, -0.2) is 32.9 Å². The van der Waals surface area contributed by atoms with Crippen LogP contribution in [0.2, 0.25) is 0 Å². The smallest absolute Gasteiger partial charge is 0.262 e. The number of aromatic nitrogens is 3. The highest BCUT2D eigenvalue weighted by Gasteiger charge is 2.57. The highest BCUT2D eigenvalue weighted by atomic mass is 16.2. The lowest BCUT2D eigenvalue weighted by atomic mass is 9.77. The molecule has 4 rings (SSSR count). The Morgan fingerprint density at radius 3 is 2.62 bits per heavy atom. The van der Waals surface area contributed by atoms with Crippen LogP contribution in [0.4, 0.5) is 17.2 Å². The first kappa shape index (κ1) is 19.8. The third-order valence-electron chi connectivity index (χ3n) is 6.85. The molecule has 9 heteroatoms. The third kappa shape index (κ3) is 3.85. The van der Waals surface area contributed by atoms with Gasteiger partial charge in [-0.3, -0.25) is 14.4 Å². The van der Waals surface area contributed by atoms with Gasteiger partial charge < -0.3 is 25.1 Å². The van der Waals surface area contributed by atoms with Gasteiger partial charge in [0.2, 0.25) is 5.91 Å². The Morgan fingerprint density at radius 1 is 1.26 bits per heavy atom. The molecule has 0 aromatic carbocycles. The summed E-state index contributed by atoms with van der Waals surface area (Å²) in [5, 5.41) is 8.37. The van der Waals surface area contributed by atoms with Crippen molar-refractivity contribution in [2.75, 3.05) is 17.6 Å². The van der Waals surface area contributed by atoms with E-state index in [-0.39, 0.29) is 34.0 Å². The Kier molecular flexibility index (Phi) is 4.84. The van der Waals surface area contributed by atoms with Crippen LogP contribution in [0.5, 0.6) is 0 Å². The molecule has 1 aliphatic carbocycles. The molecule has 180 valence electrons. The third-order valence-corrected chi connectivity index (χ3v) is 6.85. The SMILES string of the molecule is [2H]C([2H])([2H])NC(=O)c1cnc(NC(=O)C2(C(C)(C)C)CC2)cc1Nc1cn(C)c2ccn(CC)c(=O)c12. The van der Waals surface area contributed by atoms with Crippen LogP contribution >= 0.6 is 0 Å². The number of pyridine rings is 2. The van der Waals surface area contributed by atoms with Crippen molar-refractivity contribution in [2.24, 2.45) is 17.9 Å². The summed E-state index contributed by atoms with van der Waals surface area (Å²) in [7, 11) is 1.80. The molecule has 3 aromatic heterocycles. The number of amides is 2. The summed E-state index contributed by atoms with van der Waals surface area (Å²) in [5.74, 6) is -0.818. The van der Waals surface area contributed by atoms with Crippen LogP contribution in [0, 0.1) is 10.8 Å². The number of carbonyl (C=O) groups is 2. The molecule has 0 spiro atoms. The quantitative estimate of drug-likeness (QED) is 0.513. The zero-order chi connectivity index (χ0) is 27.3. The summed E-state index contributed by atoms with van der Waals surface area (Å²) < 4.78 is 25.6. The van der Waals surface area contributed by atoms with Crippen molar-refractivity contribution in [3.63, 3.8) is 0 Å². The zero-order valence-corrected chi connectivity index (χ0v) is 20.1. The minimum atomic E-state index is -2.71. The first-order chi connectivity index (χ1) is 17.2. The first-order valence-corrected chi connectivity index (χ1v) is 11.3. The molecule has 1 saturated carbocycles. The number of fused-ring (bicyclic) bond motifs is 1. The predicted molar refractivity (Wildman–Crippen MR) is 134 cm³/mol. The molecule has 1 aliphatic rings. The predicted octanol–water partition coefficient (Wildman–Crippen LogP) is 3.62. The number of nitrogens with zero attached hydrogens (tertiary/aromatic N) is 3. The summed E-state index contributed by atoms with van der Waals surface area (Å²) >= 11 is 0. The normalized spacial score (nSPS) is 16.3. The molecular weight excluding hydrogens is 432 g/mol. The Hall–Kier alpha value is -3.62. The molecule has 0 aliphatic heterocycles. The zero-order valence-electron chi connectivity index (χ0n) is 23.1. The molecule has 0 unspecified atom stereocenters. The van der Waals surface area contributed by atoms with Gasteiger partial charge in [-0.25, -0.2) is 4.98 Å². The van der Waals surface area contributed by atoms with E-state index >= 15 is 0 Å². The lowest BCUT2D eigenvalue weighted by Crippen LogP contribution is -2.35. The maximum atomic E-state index is 13.1. The Morgan fingerprint density at radius 2 is 2.00 bits per heavy atom. The molecule has 0 radical (unpaired) electrons. The lowest BCUT2D eigenvalue weighted by Gasteiger charge is -2.29. The van der Waals surface area contributed by atoms with Gasteiger partial charge in [0.25, 0.3) is 11.5 Å². The van der Waals surface area contributed by atoms with Crippen molar-refractivity contribution < 1.29 is 13.7 Å². The summed E-state index contributed by atoms with van der Waals surface area (Å²) in [5.41, 5.74) is 0.334. The van der Waals surface area contributed by atoms with Crippen molar-refractivity contribution in [1.29, 1.82) is 0 Å². The highest BCUT2D eigenvalue weighted by Crippen LogP contribution is 2.58. The number of nitrogens with one attached hydrogen (secondary N) is 3. The Labute approximate surface area is 202 Å². The van der Waals surface area contributed by atoms with Gasteiger partial charge in [-0.2, -0.15) is 0 Å². The van der Waals surface area contributed by atoms with Crippen molar-refractivity contribution in [1.82, 2.24) is 19.4 Å². The molecule has 0 atom stereocenters. The van der Waals surface area contributed by atoms with Crippen molar-refractivity contribution >= 4 is 39.9 Å². The van der Waals surface area contributed by atoms with E-state index in [9.17, 15) is 14.4 Å². The molecule has 0 saturated heterocycles. The first-order valence-electron chi connectivity index (χ1n) is 12.8. The molecule has 34 heavy (non-hydrogen) atoms. The second-order valence-corrected chi connectivity index (χ2v) is 9.80. The number of hydrogen-bond donors (Lipinski definition) is 3. The maximum absolute atomic E-state index is 13.1. The van der Waals surface area contributed by atoms with Gasteiger partial charge in [-0.1, -0.05) is 20.8 Å². The summed E-state index contributed by atoms with van der Waals surface area (Å²) in [6, 6.07) is 3.30. The minimum absolute atomic E-state index is 0.0465. The highest BCUT2D eigenvalue weighted by molar-refractivity contribution is 6.03. The average Bonchev–Trinajstić information content (AvgIpc) is 3.54. The van der Waals surface area contributed by atoms with Crippen LogP contribution in [0.1, 0.15) is 55.0 Å². The van der Waals surface area contributed by atoms with E-state index in [1.807, 2.05) is 39.1 Å². The topological polar surface area (TPSA) is 110 Å². The summed E-state index contributed by atoms with van der Waals surface area (Å²) in [6.45, 7) is 5.70. The van der Waals surface area contributed by atoms with Gasteiger partial charge >= 0.3 is 0 Å².